The van der Waals surface area contributed by atoms with Gasteiger partial charge in [-0.05, 0) is 31.0 Å². The Morgan fingerprint density at radius 3 is 2.85 bits per heavy atom. The van der Waals surface area contributed by atoms with Gasteiger partial charge in [0.1, 0.15) is 5.75 Å². The van der Waals surface area contributed by atoms with Crippen LogP contribution in [0.15, 0.2) is 24.3 Å². The van der Waals surface area contributed by atoms with E-state index in [1.54, 1.807) is 30.1 Å². The minimum Gasteiger partial charge on any atom is -0.508 e. The van der Waals surface area contributed by atoms with Gasteiger partial charge in [-0.2, -0.15) is 0 Å². The summed E-state index contributed by atoms with van der Waals surface area (Å²) in [6.45, 7) is 2.93. The van der Waals surface area contributed by atoms with Gasteiger partial charge in [0.2, 0.25) is 11.8 Å². The molecule has 2 amide bonds. The highest BCUT2D eigenvalue weighted by Crippen LogP contribution is 2.30. The van der Waals surface area contributed by atoms with Gasteiger partial charge in [0.15, 0.2) is 0 Å². The smallest absolute Gasteiger partial charge is 0.227 e. The molecular formula is C15H20N2O3. The summed E-state index contributed by atoms with van der Waals surface area (Å²) < 4.78 is 0. The lowest BCUT2D eigenvalue weighted by molar-refractivity contribution is -0.132. The van der Waals surface area contributed by atoms with Crippen LogP contribution < -0.4 is 5.32 Å². The summed E-state index contributed by atoms with van der Waals surface area (Å²) in [6, 6.07) is 6.70. The zero-order chi connectivity index (χ0) is 14.8. The van der Waals surface area contributed by atoms with Crippen LogP contribution in [-0.2, 0) is 16.0 Å². The van der Waals surface area contributed by atoms with Crippen LogP contribution in [0.4, 0.5) is 0 Å². The summed E-state index contributed by atoms with van der Waals surface area (Å²) in [6.07, 6.45) is 0.927. The minimum atomic E-state index is -0.497. The van der Waals surface area contributed by atoms with Gasteiger partial charge in [0, 0.05) is 20.1 Å². The Labute approximate surface area is 118 Å². The molecule has 108 valence electrons. The third kappa shape index (κ3) is 2.92. The average molecular weight is 276 g/mol. The van der Waals surface area contributed by atoms with E-state index in [-0.39, 0.29) is 24.0 Å². The van der Waals surface area contributed by atoms with E-state index < -0.39 is 5.41 Å². The van der Waals surface area contributed by atoms with Gasteiger partial charge in [0.25, 0.3) is 0 Å². The van der Waals surface area contributed by atoms with Crippen LogP contribution in [0.1, 0.15) is 18.9 Å². The number of phenols is 1. The van der Waals surface area contributed by atoms with E-state index in [9.17, 15) is 14.7 Å². The number of nitrogens with one attached hydrogen (secondary N) is 1. The molecule has 1 fully saturated rings. The molecule has 0 spiro atoms. The van der Waals surface area contributed by atoms with Crippen molar-refractivity contribution in [1.82, 2.24) is 10.2 Å². The first-order valence-electron chi connectivity index (χ1n) is 6.72. The van der Waals surface area contributed by atoms with Crippen LogP contribution in [0.3, 0.4) is 0 Å². The Kier molecular flexibility index (Phi) is 3.97. The highest BCUT2D eigenvalue weighted by atomic mass is 16.3. The van der Waals surface area contributed by atoms with Crippen LogP contribution in [0.2, 0.25) is 0 Å². The normalized spacial score (nSPS) is 21.8. The van der Waals surface area contributed by atoms with Gasteiger partial charge in [-0.1, -0.05) is 12.1 Å². The predicted octanol–water partition coefficient (Wildman–Crippen LogP) is 0.919. The number of benzene rings is 1. The predicted molar refractivity (Wildman–Crippen MR) is 75.2 cm³/mol. The molecule has 2 rings (SSSR count). The fraction of sp³-hybridized carbons (Fsp3) is 0.467. The summed E-state index contributed by atoms with van der Waals surface area (Å²) >= 11 is 0. The first-order valence-corrected chi connectivity index (χ1v) is 6.72. The van der Waals surface area contributed by atoms with Gasteiger partial charge in [0.05, 0.1) is 11.8 Å². The van der Waals surface area contributed by atoms with E-state index in [1.807, 2.05) is 13.0 Å². The quantitative estimate of drug-likeness (QED) is 0.862. The number of hydrogen-bond acceptors (Lipinski definition) is 3. The Bertz CT molecular complexity index is 530. The lowest BCUT2D eigenvalue weighted by atomic mass is 9.89. The van der Waals surface area contributed by atoms with Crippen molar-refractivity contribution in [3.8, 4) is 5.75 Å². The molecule has 5 heteroatoms. The Hall–Kier alpha value is -2.04. The number of carbonyl (C=O) groups excluding carboxylic acids is 2. The fourth-order valence-electron chi connectivity index (χ4n) is 2.61. The van der Waals surface area contributed by atoms with Crippen LogP contribution >= 0.6 is 0 Å². The lowest BCUT2D eigenvalue weighted by Gasteiger charge is -2.22. The SMILES string of the molecule is CNC(=O)C1(C)CCN(C(=O)Cc2cccc(O)c2)C1. The molecule has 1 aromatic rings. The topological polar surface area (TPSA) is 69.6 Å². The number of likely N-dealkylation sites (tertiary alicyclic amines) is 1. The number of hydrogen-bond donors (Lipinski definition) is 2. The van der Waals surface area contributed by atoms with Gasteiger partial charge in [-0.15, -0.1) is 0 Å². The van der Waals surface area contributed by atoms with Gasteiger partial charge in [-0.25, -0.2) is 0 Å². The van der Waals surface area contributed by atoms with Crippen molar-refractivity contribution in [2.45, 2.75) is 19.8 Å². The molecule has 1 heterocycles. The maximum absolute atomic E-state index is 12.2. The van der Waals surface area contributed by atoms with Gasteiger partial charge < -0.3 is 15.3 Å². The van der Waals surface area contributed by atoms with Crippen LogP contribution in [0.5, 0.6) is 5.75 Å². The Morgan fingerprint density at radius 2 is 2.20 bits per heavy atom. The van der Waals surface area contributed by atoms with Gasteiger partial charge >= 0.3 is 0 Å². The summed E-state index contributed by atoms with van der Waals surface area (Å²) in [5.74, 6) is 0.125. The maximum Gasteiger partial charge on any atom is 0.227 e. The largest absolute Gasteiger partial charge is 0.508 e. The third-order valence-corrected chi connectivity index (χ3v) is 3.87. The van der Waals surface area contributed by atoms with Crippen LogP contribution in [-0.4, -0.2) is 42.0 Å². The molecular weight excluding hydrogens is 256 g/mol. The monoisotopic (exact) mass is 276 g/mol. The molecule has 20 heavy (non-hydrogen) atoms. The number of carbonyl (C=O) groups is 2. The zero-order valence-corrected chi connectivity index (χ0v) is 11.8. The molecule has 0 saturated carbocycles. The number of rotatable bonds is 3. The van der Waals surface area contributed by atoms with Crippen LogP contribution in [0.25, 0.3) is 0 Å². The van der Waals surface area contributed by atoms with E-state index >= 15 is 0 Å². The van der Waals surface area contributed by atoms with Crippen molar-refractivity contribution >= 4 is 11.8 Å². The molecule has 1 saturated heterocycles. The Morgan fingerprint density at radius 1 is 1.45 bits per heavy atom. The lowest BCUT2D eigenvalue weighted by Crippen LogP contribution is -2.40. The first kappa shape index (κ1) is 14.4. The number of phenolic OH excluding ortho intramolecular Hbond substituents is 1. The fourth-order valence-corrected chi connectivity index (χ4v) is 2.61. The molecule has 2 N–H and O–H groups in total. The molecule has 1 aromatic carbocycles. The molecule has 0 bridgehead atoms. The standard InChI is InChI=1S/C15H20N2O3/c1-15(14(20)16-2)6-7-17(10-15)13(19)9-11-4-3-5-12(18)8-11/h3-5,8,18H,6-7,9-10H2,1-2H3,(H,16,20). The second-order valence-corrected chi connectivity index (χ2v) is 5.55. The molecule has 1 aliphatic rings. The van der Waals surface area contributed by atoms with Crippen molar-refractivity contribution in [3.63, 3.8) is 0 Å². The molecule has 0 radical (unpaired) electrons. The van der Waals surface area contributed by atoms with Crippen molar-refractivity contribution in [2.75, 3.05) is 20.1 Å². The van der Waals surface area contributed by atoms with E-state index in [2.05, 4.69) is 5.32 Å². The molecule has 5 nitrogen and oxygen atoms in total. The molecule has 0 aliphatic carbocycles. The number of amides is 2. The van der Waals surface area contributed by atoms with Crippen molar-refractivity contribution in [2.24, 2.45) is 5.41 Å². The molecule has 1 atom stereocenters. The highest BCUT2D eigenvalue weighted by Gasteiger charge is 2.41. The van der Waals surface area contributed by atoms with Crippen molar-refractivity contribution < 1.29 is 14.7 Å². The summed E-state index contributed by atoms with van der Waals surface area (Å²) in [5.41, 5.74) is 0.284. The van der Waals surface area contributed by atoms with E-state index in [0.29, 0.717) is 19.5 Å². The van der Waals surface area contributed by atoms with Crippen LogP contribution in [0, 0.1) is 5.41 Å². The second kappa shape index (κ2) is 5.53. The van der Waals surface area contributed by atoms with Gasteiger partial charge in [-0.3, -0.25) is 9.59 Å². The van der Waals surface area contributed by atoms with Crippen molar-refractivity contribution in [3.05, 3.63) is 29.8 Å². The maximum atomic E-state index is 12.2. The van der Waals surface area contributed by atoms with Crippen molar-refractivity contribution in [1.29, 1.82) is 0 Å². The number of aromatic hydroxyl groups is 1. The zero-order valence-electron chi connectivity index (χ0n) is 11.8. The van der Waals surface area contributed by atoms with E-state index in [1.165, 1.54) is 0 Å². The molecule has 0 aromatic heterocycles. The third-order valence-electron chi connectivity index (χ3n) is 3.87. The first-order chi connectivity index (χ1) is 9.44. The Balaban J connectivity index is 2.00. The summed E-state index contributed by atoms with van der Waals surface area (Å²) in [7, 11) is 1.62. The molecule has 1 unspecified atom stereocenters. The summed E-state index contributed by atoms with van der Waals surface area (Å²) in [4.78, 5) is 25.8. The minimum absolute atomic E-state index is 0.0109. The average Bonchev–Trinajstić information content (AvgIpc) is 2.82. The highest BCUT2D eigenvalue weighted by molar-refractivity contribution is 5.85. The number of nitrogens with zero attached hydrogens (tertiary/aromatic N) is 1. The molecule has 1 aliphatic heterocycles. The van der Waals surface area contributed by atoms with E-state index in [0.717, 1.165) is 5.56 Å². The summed E-state index contributed by atoms with van der Waals surface area (Å²) in [5, 5.41) is 12.1. The van der Waals surface area contributed by atoms with E-state index in [4.69, 9.17) is 0 Å². The second-order valence-electron chi connectivity index (χ2n) is 5.55.